The maximum Gasteiger partial charge on any atom is 0.322 e. The number of hydrogen-bond acceptors (Lipinski definition) is 2. The monoisotopic (exact) mass is 332 g/mol. The van der Waals surface area contributed by atoms with E-state index in [-0.39, 0.29) is 12.1 Å². The van der Waals surface area contributed by atoms with Crippen LogP contribution in [0.1, 0.15) is 19.4 Å². The van der Waals surface area contributed by atoms with Gasteiger partial charge in [-0.2, -0.15) is 0 Å². The summed E-state index contributed by atoms with van der Waals surface area (Å²) >= 11 is 6.01. The van der Waals surface area contributed by atoms with Crippen molar-refractivity contribution in [2.75, 3.05) is 12.4 Å². The van der Waals surface area contributed by atoms with Gasteiger partial charge in [0.25, 0.3) is 0 Å². The van der Waals surface area contributed by atoms with E-state index < -0.39 is 0 Å². The third kappa shape index (κ3) is 4.63. The van der Waals surface area contributed by atoms with Crippen molar-refractivity contribution in [1.82, 2.24) is 4.90 Å². The number of urea groups is 1. The third-order valence-corrected chi connectivity index (χ3v) is 3.72. The number of rotatable bonds is 5. The van der Waals surface area contributed by atoms with Crippen molar-refractivity contribution in [3.8, 4) is 5.75 Å². The summed E-state index contributed by atoms with van der Waals surface area (Å²) in [7, 11) is 1.56. The Balaban J connectivity index is 2.17. The van der Waals surface area contributed by atoms with Crippen LogP contribution in [0.3, 0.4) is 0 Å². The van der Waals surface area contributed by atoms with Crippen LogP contribution in [0.5, 0.6) is 5.75 Å². The number of methoxy groups -OCH3 is 1. The van der Waals surface area contributed by atoms with Crippen LogP contribution in [0.2, 0.25) is 5.02 Å². The quantitative estimate of drug-likeness (QED) is 0.855. The number of nitrogens with one attached hydrogen (secondary N) is 1. The van der Waals surface area contributed by atoms with E-state index in [1.54, 1.807) is 30.2 Å². The fourth-order valence-corrected chi connectivity index (χ4v) is 2.41. The number of carbonyl (C=O) groups is 1. The first kappa shape index (κ1) is 17.2. The number of hydrogen-bond donors (Lipinski definition) is 1. The van der Waals surface area contributed by atoms with Gasteiger partial charge in [0.05, 0.1) is 12.8 Å². The van der Waals surface area contributed by atoms with E-state index in [9.17, 15) is 4.79 Å². The lowest BCUT2D eigenvalue weighted by molar-refractivity contribution is 0.193. The number of halogens is 1. The summed E-state index contributed by atoms with van der Waals surface area (Å²) in [5, 5.41) is 3.42. The summed E-state index contributed by atoms with van der Waals surface area (Å²) in [4.78, 5) is 14.4. The molecule has 0 spiro atoms. The van der Waals surface area contributed by atoms with Gasteiger partial charge in [-0.05, 0) is 37.6 Å². The minimum absolute atomic E-state index is 0.0559. The topological polar surface area (TPSA) is 41.6 Å². The summed E-state index contributed by atoms with van der Waals surface area (Å²) in [6.45, 7) is 4.50. The molecule has 2 aromatic carbocycles. The van der Waals surface area contributed by atoms with Crippen molar-refractivity contribution in [3.05, 3.63) is 59.1 Å². The van der Waals surface area contributed by atoms with Crippen LogP contribution >= 0.6 is 11.6 Å². The average molecular weight is 333 g/mol. The summed E-state index contributed by atoms with van der Waals surface area (Å²) in [5.74, 6) is 0.575. The van der Waals surface area contributed by atoms with Crippen molar-refractivity contribution >= 4 is 23.3 Å². The van der Waals surface area contributed by atoms with Gasteiger partial charge in [0.1, 0.15) is 5.75 Å². The molecule has 2 aromatic rings. The Labute approximate surface area is 142 Å². The second-order valence-corrected chi connectivity index (χ2v) is 5.92. The average Bonchev–Trinajstić information content (AvgIpc) is 2.53. The smallest absolute Gasteiger partial charge is 0.322 e. The molecule has 0 aliphatic rings. The van der Waals surface area contributed by atoms with Crippen molar-refractivity contribution in [3.63, 3.8) is 0 Å². The molecule has 0 radical (unpaired) electrons. The Morgan fingerprint density at radius 2 is 1.91 bits per heavy atom. The highest BCUT2D eigenvalue weighted by molar-refractivity contribution is 6.31. The first-order chi connectivity index (χ1) is 11.0. The van der Waals surface area contributed by atoms with E-state index in [1.165, 1.54) is 0 Å². The molecule has 0 aliphatic heterocycles. The molecule has 2 amide bonds. The molecule has 0 saturated heterocycles. The minimum Gasteiger partial charge on any atom is -0.495 e. The third-order valence-electron chi connectivity index (χ3n) is 3.48. The molecule has 1 N–H and O–H groups in total. The Morgan fingerprint density at radius 3 is 2.52 bits per heavy atom. The second kappa shape index (κ2) is 7.88. The molecule has 0 bridgehead atoms. The molecule has 4 nitrogen and oxygen atoms in total. The minimum atomic E-state index is -0.190. The van der Waals surface area contributed by atoms with Crippen LogP contribution in [-0.4, -0.2) is 24.1 Å². The Bertz CT molecular complexity index is 659. The fraction of sp³-hybridized carbons (Fsp3) is 0.278. The predicted molar refractivity (Wildman–Crippen MR) is 94.1 cm³/mol. The molecule has 0 heterocycles. The molecule has 0 aromatic heterocycles. The Kier molecular flexibility index (Phi) is 5.88. The van der Waals surface area contributed by atoms with Crippen LogP contribution in [0.4, 0.5) is 10.5 Å². The standard InChI is InChI=1S/C18H21ClN2O2/c1-13(2)21(12-14-7-5-4-6-8-14)18(22)20-16-11-15(19)9-10-17(16)23-3/h4-11,13H,12H2,1-3H3,(H,20,22). The molecule has 0 saturated carbocycles. The molecule has 0 fully saturated rings. The zero-order chi connectivity index (χ0) is 16.8. The van der Waals surface area contributed by atoms with Crippen LogP contribution in [0.25, 0.3) is 0 Å². The number of carbonyl (C=O) groups excluding carboxylic acids is 1. The molecular weight excluding hydrogens is 312 g/mol. The number of ether oxygens (including phenoxy) is 1. The summed E-state index contributed by atoms with van der Waals surface area (Å²) in [6.07, 6.45) is 0. The predicted octanol–water partition coefficient (Wildman–Crippen LogP) is 4.79. The zero-order valence-corrected chi connectivity index (χ0v) is 14.3. The van der Waals surface area contributed by atoms with Crippen molar-refractivity contribution in [2.45, 2.75) is 26.4 Å². The molecule has 122 valence electrons. The summed E-state index contributed by atoms with van der Waals surface area (Å²) < 4.78 is 5.27. The Morgan fingerprint density at radius 1 is 1.22 bits per heavy atom. The van der Waals surface area contributed by atoms with Crippen molar-refractivity contribution in [2.24, 2.45) is 0 Å². The van der Waals surface area contributed by atoms with Crippen molar-refractivity contribution in [1.29, 1.82) is 0 Å². The van der Waals surface area contributed by atoms with Gasteiger partial charge in [-0.1, -0.05) is 41.9 Å². The number of benzene rings is 2. The summed E-state index contributed by atoms with van der Waals surface area (Å²) in [6, 6.07) is 14.9. The van der Waals surface area contributed by atoms with E-state index in [1.807, 2.05) is 44.2 Å². The molecule has 23 heavy (non-hydrogen) atoms. The number of nitrogens with zero attached hydrogens (tertiary/aromatic N) is 1. The van der Waals surface area contributed by atoms with Crippen LogP contribution in [-0.2, 0) is 6.54 Å². The summed E-state index contributed by atoms with van der Waals surface area (Å²) in [5.41, 5.74) is 1.64. The lowest BCUT2D eigenvalue weighted by Crippen LogP contribution is -2.39. The van der Waals surface area contributed by atoms with Crippen LogP contribution in [0.15, 0.2) is 48.5 Å². The fourth-order valence-electron chi connectivity index (χ4n) is 2.23. The van der Waals surface area contributed by atoms with Gasteiger partial charge in [0, 0.05) is 17.6 Å². The maximum absolute atomic E-state index is 12.7. The normalized spacial score (nSPS) is 10.5. The number of amides is 2. The lowest BCUT2D eigenvalue weighted by atomic mass is 10.2. The molecule has 2 rings (SSSR count). The highest BCUT2D eigenvalue weighted by atomic mass is 35.5. The van der Waals surface area contributed by atoms with Gasteiger partial charge in [-0.15, -0.1) is 0 Å². The van der Waals surface area contributed by atoms with Gasteiger partial charge in [0.15, 0.2) is 0 Å². The largest absolute Gasteiger partial charge is 0.495 e. The van der Waals surface area contributed by atoms with Gasteiger partial charge >= 0.3 is 6.03 Å². The second-order valence-electron chi connectivity index (χ2n) is 5.48. The maximum atomic E-state index is 12.7. The first-order valence-corrected chi connectivity index (χ1v) is 7.84. The number of anilines is 1. The van der Waals surface area contributed by atoms with Crippen LogP contribution < -0.4 is 10.1 Å². The SMILES string of the molecule is COc1ccc(Cl)cc1NC(=O)N(Cc1ccccc1)C(C)C. The van der Waals surface area contributed by atoms with Gasteiger partial charge in [-0.3, -0.25) is 0 Å². The van der Waals surface area contributed by atoms with Gasteiger partial charge < -0.3 is 15.0 Å². The lowest BCUT2D eigenvalue weighted by Gasteiger charge is -2.27. The first-order valence-electron chi connectivity index (χ1n) is 7.46. The van der Waals surface area contributed by atoms with E-state index in [0.717, 1.165) is 5.56 Å². The molecule has 5 heteroatoms. The van der Waals surface area contributed by atoms with E-state index in [0.29, 0.717) is 23.0 Å². The van der Waals surface area contributed by atoms with Gasteiger partial charge in [-0.25, -0.2) is 4.79 Å². The Hall–Kier alpha value is -2.20. The highest BCUT2D eigenvalue weighted by Gasteiger charge is 2.19. The van der Waals surface area contributed by atoms with Crippen LogP contribution in [0, 0.1) is 0 Å². The van der Waals surface area contributed by atoms with Gasteiger partial charge in [0.2, 0.25) is 0 Å². The van der Waals surface area contributed by atoms with E-state index in [2.05, 4.69) is 5.32 Å². The van der Waals surface area contributed by atoms with E-state index >= 15 is 0 Å². The van der Waals surface area contributed by atoms with E-state index in [4.69, 9.17) is 16.3 Å². The molecule has 0 atom stereocenters. The molecule has 0 unspecified atom stereocenters. The molecule has 0 aliphatic carbocycles. The van der Waals surface area contributed by atoms with Crippen molar-refractivity contribution < 1.29 is 9.53 Å². The molecular formula is C18H21ClN2O2. The highest BCUT2D eigenvalue weighted by Crippen LogP contribution is 2.28. The zero-order valence-electron chi connectivity index (χ0n) is 13.5.